The van der Waals surface area contributed by atoms with E-state index in [1.54, 1.807) is 48.1 Å². The van der Waals surface area contributed by atoms with Gasteiger partial charge in [-0.15, -0.1) is 11.3 Å². The number of nitrogens with one attached hydrogen (secondary N) is 2. The molecule has 1 amide bonds. The summed E-state index contributed by atoms with van der Waals surface area (Å²) in [5.41, 5.74) is 3.64. The number of morpholine rings is 1. The van der Waals surface area contributed by atoms with Crippen molar-refractivity contribution in [3.05, 3.63) is 54.0 Å². The van der Waals surface area contributed by atoms with E-state index in [0.717, 1.165) is 32.0 Å². The van der Waals surface area contributed by atoms with Gasteiger partial charge in [0.2, 0.25) is 5.88 Å². The first kappa shape index (κ1) is 23.9. The number of amides is 1. The third-order valence-corrected chi connectivity index (χ3v) is 8.85. The van der Waals surface area contributed by atoms with E-state index in [4.69, 9.17) is 9.47 Å². The Balaban J connectivity index is 1.50. The van der Waals surface area contributed by atoms with Gasteiger partial charge in [0.25, 0.3) is 5.91 Å². The van der Waals surface area contributed by atoms with Gasteiger partial charge < -0.3 is 24.2 Å². The number of ether oxygens (including phenoxy) is 2. The average Bonchev–Trinajstić information content (AvgIpc) is 3.28. The molecule has 10 nitrogen and oxygen atoms in total. The van der Waals surface area contributed by atoms with Crippen molar-refractivity contribution in [1.82, 2.24) is 20.3 Å². The molecular formula is C25H24N6O4S2. The van der Waals surface area contributed by atoms with E-state index in [0.29, 0.717) is 48.3 Å². The van der Waals surface area contributed by atoms with Gasteiger partial charge in [0.1, 0.15) is 29.2 Å². The van der Waals surface area contributed by atoms with E-state index in [-0.39, 0.29) is 12.0 Å². The standard InChI is InChI=1S/C25H24N6O4S2/c1-14-20-22-23(29-13-28-20)31-6-7-35-17(12-31)11-26-24(32)15-4-3-5-18(8-15)37(33)30-19-9-16(21(14)36-22)10-27-25(19)34-2/h3-5,8-10,13,17,30H,6-7,11-12H2,1-2H3,(H,26,32)/t17-,37?/m1/s1. The summed E-state index contributed by atoms with van der Waals surface area (Å²) < 4.78 is 28.6. The molecule has 2 aliphatic heterocycles. The molecule has 2 aliphatic rings. The Hall–Kier alpha value is -3.45. The number of aryl methyl sites for hydroxylation is 1. The predicted molar refractivity (Wildman–Crippen MR) is 143 cm³/mol. The van der Waals surface area contributed by atoms with Crippen molar-refractivity contribution in [3.63, 3.8) is 0 Å². The quantitative estimate of drug-likeness (QED) is 0.353. The van der Waals surface area contributed by atoms with Gasteiger partial charge in [-0.2, -0.15) is 4.72 Å². The van der Waals surface area contributed by atoms with Crippen molar-refractivity contribution in [2.24, 2.45) is 0 Å². The van der Waals surface area contributed by atoms with Crippen LogP contribution in [0.2, 0.25) is 0 Å². The fraction of sp³-hybridized carbons (Fsp3) is 0.280. The Morgan fingerprint density at radius 3 is 3.00 bits per heavy atom. The van der Waals surface area contributed by atoms with E-state index in [1.165, 1.54) is 7.11 Å². The molecule has 37 heavy (non-hydrogen) atoms. The number of pyridine rings is 1. The molecule has 12 heteroatoms. The molecule has 0 spiro atoms. The van der Waals surface area contributed by atoms with Crippen molar-refractivity contribution < 1.29 is 18.8 Å². The molecule has 2 atom stereocenters. The van der Waals surface area contributed by atoms with Crippen LogP contribution >= 0.6 is 11.3 Å². The van der Waals surface area contributed by atoms with Crippen LogP contribution in [0.1, 0.15) is 15.9 Å². The van der Waals surface area contributed by atoms with Crippen LogP contribution in [0.15, 0.2) is 47.8 Å². The minimum absolute atomic E-state index is 0.200. The Morgan fingerprint density at radius 2 is 2.14 bits per heavy atom. The smallest absolute Gasteiger partial charge is 0.251 e. The number of anilines is 2. The number of fused-ring (bicyclic) bond motifs is 9. The Kier molecular flexibility index (Phi) is 6.32. The highest BCUT2D eigenvalue weighted by Crippen LogP contribution is 2.42. The summed E-state index contributed by atoms with van der Waals surface area (Å²) in [6.07, 6.45) is 3.13. The van der Waals surface area contributed by atoms with Crippen LogP contribution in [-0.4, -0.2) is 64.9 Å². The number of thiophene rings is 1. The number of aromatic nitrogens is 3. The van der Waals surface area contributed by atoms with E-state index in [2.05, 4.69) is 29.9 Å². The summed E-state index contributed by atoms with van der Waals surface area (Å²) in [5, 5.41) is 2.95. The molecular weight excluding hydrogens is 512 g/mol. The largest absolute Gasteiger partial charge is 0.588 e. The first-order valence-electron chi connectivity index (χ1n) is 11.7. The Labute approximate surface area is 220 Å². The highest BCUT2D eigenvalue weighted by Gasteiger charge is 2.27. The second kappa shape index (κ2) is 9.78. The number of carbonyl (C=O) groups is 1. The predicted octanol–water partition coefficient (Wildman–Crippen LogP) is 3.15. The van der Waals surface area contributed by atoms with E-state index < -0.39 is 11.4 Å². The maximum Gasteiger partial charge on any atom is 0.251 e. The van der Waals surface area contributed by atoms with Crippen molar-refractivity contribution >= 4 is 50.3 Å². The summed E-state index contributed by atoms with van der Waals surface area (Å²) in [6.45, 7) is 4.17. The van der Waals surface area contributed by atoms with Gasteiger partial charge >= 0.3 is 0 Å². The maximum atomic E-state index is 13.3. The highest BCUT2D eigenvalue weighted by molar-refractivity contribution is 7.92. The molecule has 190 valence electrons. The molecule has 0 radical (unpaired) electrons. The number of nitrogens with zero attached hydrogens (tertiary/aromatic N) is 4. The fourth-order valence-electron chi connectivity index (χ4n) is 4.58. The summed E-state index contributed by atoms with van der Waals surface area (Å²) in [7, 11) is 1.52. The van der Waals surface area contributed by atoms with Crippen molar-refractivity contribution in [2.75, 3.05) is 43.0 Å². The van der Waals surface area contributed by atoms with Crippen molar-refractivity contribution in [3.8, 4) is 16.3 Å². The Morgan fingerprint density at radius 1 is 1.24 bits per heavy atom. The molecule has 5 heterocycles. The van der Waals surface area contributed by atoms with E-state index in [9.17, 15) is 9.35 Å². The van der Waals surface area contributed by atoms with Crippen LogP contribution < -0.4 is 19.7 Å². The minimum Gasteiger partial charge on any atom is -0.588 e. The lowest BCUT2D eigenvalue weighted by Crippen LogP contribution is -2.48. The van der Waals surface area contributed by atoms with Gasteiger partial charge in [-0.3, -0.25) is 4.79 Å². The average molecular weight is 537 g/mol. The number of hydrogen-bond donors (Lipinski definition) is 2. The van der Waals surface area contributed by atoms with Gasteiger partial charge in [0.15, 0.2) is 4.90 Å². The monoisotopic (exact) mass is 536 g/mol. The number of benzene rings is 1. The van der Waals surface area contributed by atoms with Gasteiger partial charge in [-0.05, 0) is 30.7 Å². The summed E-state index contributed by atoms with van der Waals surface area (Å²) >= 11 is -0.0631. The molecule has 1 aromatic carbocycles. The van der Waals surface area contributed by atoms with Crippen LogP contribution in [-0.2, 0) is 16.1 Å². The van der Waals surface area contributed by atoms with Crippen LogP contribution in [0.3, 0.4) is 0 Å². The molecule has 6 rings (SSSR count). The summed E-state index contributed by atoms with van der Waals surface area (Å²) in [6, 6.07) is 8.61. The number of carbonyl (C=O) groups excluding carboxylic acids is 1. The van der Waals surface area contributed by atoms with Gasteiger partial charge in [0.05, 0.1) is 30.0 Å². The van der Waals surface area contributed by atoms with Crippen LogP contribution in [0, 0.1) is 6.92 Å². The molecule has 1 fully saturated rings. The third kappa shape index (κ3) is 4.46. The zero-order chi connectivity index (χ0) is 25.5. The van der Waals surface area contributed by atoms with Crippen molar-refractivity contribution in [1.29, 1.82) is 0 Å². The maximum absolute atomic E-state index is 13.3. The second-order valence-electron chi connectivity index (χ2n) is 8.76. The zero-order valence-electron chi connectivity index (χ0n) is 20.2. The first-order valence-corrected chi connectivity index (χ1v) is 13.7. The van der Waals surface area contributed by atoms with Crippen LogP contribution in [0.4, 0.5) is 11.5 Å². The molecule has 2 N–H and O–H groups in total. The Bertz CT molecular complexity index is 1500. The lowest BCUT2D eigenvalue weighted by molar-refractivity contribution is 0.0395. The number of hydrogen-bond acceptors (Lipinski definition) is 10. The highest BCUT2D eigenvalue weighted by atomic mass is 32.2. The third-order valence-electron chi connectivity index (χ3n) is 6.43. The van der Waals surface area contributed by atoms with Crippen LogP contribution in [0.5, 0.6) is 5.88 Å². The molecule has 0 saturated carbocycles. The summed E-state index contributed by atoms with van der Waals surface area (Å²) in [4.78, 5) is 30.2. The topological polar surface area (TPSA) is 125 Å². The van der Waals surface area contributed by atoms with Crippen molar-refractivity contribution in [2.45, 2.75) is 17.9 Å². The van der Waals surface area contributed by atoms with E-state index >= 15 is 0 Å². The first-order chi connectivity index (χ1) is 18.0. The number of rotatable bonds is 1. The van der Waals surface area contributed by atoms with Gasteiger partial charge in [-0.1, -0.05) is 6.07 Å². The molecule has 0 aliphatic carbocycles. The summed E-state index contributed by atoms with van der Waals surface area (Å²) in [5.74, 6) is 0.905. The SMILES string of the molecule is COc1ncc2cc1N[S+]([O-])c1cccc(c1)C(=O)NC[C@@H]1CN(CCO1)c1ncnc3c(C)c-2sc13. The number of methoxy groups -OCH3 is 1. The zero-order valence-corrected chi connectivity index (χ0v) is 21.8. The lowest BCUT2D eigenvalue weighted by Gasteiger charge is -2.34. The normalized spacial score (nSPS) is 19.6. The molecule has 1 unspecified atom stereocenters. The van der Waals surface area contributed by atoms with Gasteiger partial charge in [-0.25, -0.2) is 15.0 Å². The van der Waals surface area contributed by atoms with Crippen LogP contribution in [0.25, 0.3) is 20.7 Å². The van der Waals surface area contributed by atoms with E-state index in [1.807, 2.05) is 13.0 Å². The molecule has 1 saturated heterocycles. The molecule has 4 aromatic rings. The fourth-order valence-corrected chi connectivity index (χ4v) is 6.74. The molecule has 8 bridgehead atoms. The van der Waals surface area contributed by atoms with Gasteiger partial charge in [0, 0.05) is 47.9 Å². The second-order valence-corrected chi connectivity index (χ2v) is 11.0. The lowest BCUT2D eigenvalue weighted by atomic mass is 10.1. The minimum atomic E-state index is -1.66. The molecule has 3 aromatic heterocycles.